The molecule has 0 amide bonds. The van der Waals surface area contributed by atoms with Gasteiger partial charge in [-0.1, -0.05) is 37.5 Å². The van der Waals surface area contributed by atoms with Crippen molar-refractivity contribution in [3.8, 4) is 0 Å². The van der Waals surface area contributed by atoms with E-state index in [4.69, 9.17) is 0 Å². The number of aromatic nitrogens is 2. The fourth-order valence-corrected chi connectivity index (χ4v) is 2.98. The minimum absolute atomic E-state index is 0.199. The second-order valence-corrected chi connectivity index (χ2v) is 7.04. The molecule has 1 aromatic carbocycles. The largest absolute Gasteiger partial charge is 0.369 e. The van der Waals surface area contributed by atoms with E-state index in [1.54, 1.807) is 36.4 Å². The molecule has 0 bridgehead atoms. The highest BCUT2D eigenvalue weighted by Gasteiger charge is 2.14. The van der Waals surface area contributed by atoms with Crippen molar-refractivity contribution in [3.63, 3.8) is 0 Å². The summed E-state index contributed by atoms with van der Waals surface area (Å²) in [5, 5.41) is 11.0. The predicted octanol–water partition coefficient (Wildman–Crippen LogP) is 3.19. The highest BCUT2D eigenvalue weighted by Crippen LogP contribution is 2.15. The first kappa shape index (κ1) is 17.2. The van der Waals surface area contributed by atoms with Crippen molar-refractivity contribution < 1.29 is 8.42 Å². The van der Waals surface area contributed by atoms with Gasteiger partial charge in [0.2, 0.25) is 0 Å². The van der Waals surface area contributed by atoms with Crippen LogP contribution in [0.1, 0.15) is 31.7 Å². The Bertz CT molecular complexity index is 713. The third-order valence-electron chi connectivity index (χ3n) is 3.32. The Morgan fingerprint density at radius 1 is 0.957 bits per heavy atom. The van der Waals surface area contributed by atoms with Gasteiger partial charge >= 0.3 is 0 Å². The van der Waals surface area contributed by atoms with Gasteiger partial charge in [-0.3, -0.25) is 4.72 Å². The monoisotopic (exact) mass is 334 g/mol. The van der Waals surface area contributed by atoms with Crippen LogP contribution in [0.2, 0.25) is 0 Å². The zero-order valence-electron chi connectivity index (χ0n) is 13.4. The molecule has 2 rings (SSSR count). The van der Waals surface area contributed by atoms with E-state index in [2.05, 4.69) is 27.2 Å². The van der Waals surface area contributed by atoms with E-state index in [9.17, 15) is 8.42 Å². The van der Waals surface area contributed by atoms with Crippen molar-refractivity contribution in [2.75, 3.05) is 16.6 Å². The first-order valence-corrected chi connectivity index (χ1v) is 9.16. The van der Waals surface area contributed by atoms with Gasteiger partial charge in [0, 0.05) is 6.54 Å². The number of unbranched alkanes of at least 4 members (excludes halogenated alkanes) is 2. The molecule has 7 heteroatoms. The number of hydrogen-bond donors (Lipinski definition) is 2. The lowest BCUT2D eigenvalue weighted by Gasteiger charge is -2.08. The summed E-state index contributed by atoms with van der Waals surface area (Å²) in [6, 6.07) is 9.95. The maximum absolute atomic E-state index is 12.2. The smallest absolute Gasteiger partial charge is 0.263 e. The first-order chi connectivity index (χ1) is 11.0. The van der Waals surface area contributed by atoms with Crippen LogP contribution in [-0.2, 0) is 10.0 Å². The number of nitrogens with zero attached hydrogens (tertiary/aromatic N) is 2. The molecule has 6 nitrogen and oxygen atoms in total. The topological polar surface area (TPSA) is 84.0 Å². The van der Waals surface area contributed by atoms with Gasteiger partial charge in [-0.2, -0.15) is 0 Å². The average Bonchev–Trinajstić information content (AvgIpc) is 2.53. The van der Waals surface area contributed by atoms with E-state index < -0.39 is 10.0 Å². The van der Waals surface area contributed by atoms with Crippen LogP contribution < -0.4 is 10.0 Å². The number of benzene rings is 1. The third kappa shape index (κ3) is 5.21. The molecule has 1 aromatic heterocycles. The van der Waals surface area contributed by atoms with Gasteiger partial charge in [-0.15, -0.1) is 10.2 Å². The summed E-state index contributed by atoms with van der Waals surface area (Å²) in [6.07, 6.45) is 3.39. The van der Waals surface area contributed by atoms with Crippen molar-refractivity contribution in [2.24, 2.45) is 0 Å². The molecule has 0 saturated heterocycles. The van der Waals surface area contributed by atoms with Crippen LogP contribution in [0.15, 0.2) is 41.3 Å². The average molecular weight is 334 g/mol. The van der Waals surface area contributed by atoms with Gasteiger partial charge in [0.25, 0.3) is 10.0 Å². The van der Waals surface area contributed by atoms with E-state index in [1.165, 1.54) is 0 Å². The first-order valence-electron chi connectivity index (χ1n) is 7.68. The lowest BCUT2D eigenvalue weighted by atomic mass is 10.2. The number of aryl methyl sites for hydroxylation is 1. The van der Waals surface area contributed by atoms with E-state index in [1.807, 2.05) is 6.92 Å². The van der Waals surface area contributed by atoms with Crippen LogP contribution in [0.3, 0.4) is 0 Å². The Morgan fingerprint density at radius 3 is 2.22 bits per heavy atom. The predicted molar refractivity (Wildman–Crippen MR) is 92.0 cm³/mol. The number of hydrogen-bond acceptors (Lipinski definition) is 5. The minimum Gasteiger partial charge on any atom is -0.369 e. The SMILES string of the molecule is CCCCCNc1ccc(NS(=O)(=O)c2ccc(C)cc2)nn1. The molecule has 124 valence electrons. The molecule has 0 radical (unpaired) electrons. The van der Waals surface area contributed by atoms with Gasteiger partial charge in [0.05, 0.1) is 4.90 Å². The number of nitrogens with one attached hydrogen (secondary N) is 2. The number of sulfonamides is 1. The van der Waals surface area contributed by atoms with Crippen LogP contribution in [0.25, 0.3) is 0 Å². The fourth-order valence-electron chi connectivity index (χ4n) is 1.99. The summed E-state index contributed by atoms with van der Waals surface area (Å²) in [7, 11) is -3.64. The van der Waals surface area contributed by atoms with Gasteiger partial charge in [-0.05, 0) is 37.6 Å². The Hall–Kier alpha value is -2.15. The van der Waals surface area contributed by atoms with Crippen molar-refractivity contribution in [1.82, 2.24) is 10.2 Å². The molecule has 0 unspecified atom stereocenters. The molecule has 0 saturated carbocycles. The van der Waals surface area contributed by atoms with Crippen molar-refractivity contribution in [2.45, 2.75) is 38.0 Å². The summed E-state index contributed by atoms with van der Waals surface area (Å²) in [4.78, 5) is 0.201. The molecule has 2 N–H and O–H groups in total. The standard InChI is InChI=1S/C16H22N4O2S/c1-3-4-5-12-17-15-10-11-16(19-18-15)20-23(21,22)14-8-6-13(2)7-9-14/h6-11H,3-5,12H2,1-2H3,(H,17,18)(H,19,20). The van der Waals surface area contributed by atoms with Crippen molar-refractivity contribution >= 4 is 21.7 Å². The molecule has 1 heterocycles. The van der Waals surface area contributed by atoms with Crippen LogP contribution >= 0.6 is 0 Å². The second-order valence-electron chi connectivity index (χ2n) is 5.36. The lowest BCUT2D eigenvalue weighted by molar-refractivity contribution is 0.601. The summed E-state index contributed by atoms with van der Waals surface area (Å²) in [5.41, 5.74) is 1.00. The van der Waals surface area contributed by atoms with Gasteiger partial charge < -0.3 is 5.32 Å². The maximum atomic E-state index is 12.2. The van der Waals surface area contributed by atoms with E-state index >= 15 is 0 Å². The minimum atomic E-state index is -3.64. The molecule has 0 atom stereocenters. The molecular formula is C16H22N4O2S. The number of anilines is 2. The maximum Gasteiger partial charge on any atom is 0.263 e. The van der Waals surface area contributed by atoms with E-state index in [0.29, 0.717) is 5.82 Å². The zero-order valence-corrected chi connectivity index (χ0v) is 14.2. The van der Waals surface area contributed by atoms with Crippen LogP contribution in [0, 0.1) is 6.92 Å². The van der Waals surface area contributed by atoms with Crippen LogP contribution in [0.4, 0.5) is 11.6 Å². The molecule has 23 heavy (non-hydrogen) atoms. The molecule has 2 aromatic rings. The fraction of sp³-hybridized carbons (Fsp3) is 0.375. The van der Waals surface area contributed by atoms with Gasteiger partial charge in [-0.25, -0.2) is 8.42 Å². The van der Waals surface area contributed by atoms with E-state index in [-0.39, 0.29) is 10.7 Å². The summed E-state index contributed by atoms with van der Waals surface area (Å²) in [5.74, 6) is 0.837. The molecule has 0 aliphatic rings. The van der Waals surface area contributed by atoms with Crippen LogP contribution in [0.5, 0.6) is 0 Å². The van der Waals surface area contributed by atoms with E-state index in [0.717, 1.165) is 31.4 Å². The number of rotatable bonds is 8. The van der Waals surface area contributed by atoms with Crippen molar-refractivity contribution in [3.05, 3.63) is 42.0 Å². The lowest BCUT2D eigenvalue weighted by Crippen LogP contribution is -2.14. The molecule has 0 aliphatic carbocycles. The molecule has 0 spiro atoms. The molecule has 0 aliphatic heterocycles. The second kappa shape index (κ2) is 7.92. The Labute approximate surface area is 137 Å². The normalized spacial score (nSPS) is 11.2. The summed E-state index contributed by atoms with van der Waals surface area (Å²) >= 11 is 0. The van der Waals surface area contributed by atoms with Crippen molar-refractivity contribution in [1.29, 1.82) is 0 Å². The Kier molecular flexibility index (Phi) is 5.92. The Balaban J connectivity index is 1.98. The van der Waals surface area contributed by atoms with Gasteiger partial charge in [0.15, 0.2) is 5.82 Å². The summed E-state index contributed by atoms with van der Waals surface area (Å²) < 4.78 is 26.9. The molecular weight excluding hydrogens is 312 g/mol. The molecule has 0 fully saturated rings. The third-order valence-corrected chi connectivity index (χ3v) is 4.69. The quantitative estimate of drug-likeness (QED) is 0.724. The highest BCUT2D eigenvalue weighted by molar-refractivity contribution is 7.92. The van der Waals surface area contributed by atoms with Crippen LogP contribution in [-0.4, -0.2) is 25.2 Å². The van der Waals surface area contributed by atoms with Gasteiger partial charge in [0.1, 0.15) is 5.82 Å². The Morgan fingerprint density at radius 2 is 1.61 bits per heavy atom. The zero-order chi connectivity index (χ0) is 16.7. The highest BCUT2D eigenvalue weighted by atomic mass is 32.2. The summed E-state index contributed by atoms with van der Waals surface area (Å²) in [6.45, 7) is 4.88.